The van der Waals surface area contributed by atoms with E-state index in [0.29, 0.717) is 0 Å². The second-order valence-electron chi connectivity index (χ2n) is 7.17. The van der Waals surface area contributed by atoms with Crippen molar-refractivity contribution in [2.24, 2.45) is 0 Å². The van der Waals surface area contributed by atoms with E-state index in [1.54, 1.807) is 0 Å². The van der Waals surface area contributed by atoms with E-state index < -0.39 is 0 Å². The van der Waals surface area contributed by atoms with Gasteiger partial charge in [-0.3, -0.25) is 4.98 Å². The van der Waals surface area contributed by atoms with Crippen LogP contribution in [0.25, 0.3) is 22.7 Å². The molecule has 3 nitrogen and oxygen atoms in total. The fourth-order valence-electron chi connectivity index (χ4n) is 3.84. The highest BCUT2D eigenvalue weighted by Gasteiger charge is 2.20. The Hall–Kier alpha value is -2.39. The molecule has 0 spiro atoms. The van der Waals surface area contributed by atoms with Crippen LogP contribution in [0.3, 0.4) is 0 Å². The summed E-state index contributed by atoms with van der Waals surface area (Å²) in [7, 11) is 2.22. The minimum Gasteiger partial charge on any atom is -0.320 e. The summed E-state index contributed by atoms with van der Waals surface area (Å²) in [5.74, 6) is 0. The molecule has 1 aromatic carbocycles. The predicted molar refractivity (Wildman–Crippen MR) is 106 cm³/mol. The second-order valence-corrected chi connectivity index (χ2v) is 7.17. The Morgan fingerprint density at radius 1 is 1.08 bits per heavy atom. The number of likely N-dealkylation sites (N-methyl/N-ethyl adjacent to an activating group) is 1. The molecule has 25 heavy (non-hydrogen) atoms. The van der Waals surface area contributed by atoms with Crippen LogP contribution in [0.1, 0.15) is 29.3 Å². The highest BCUT2D eigenvalue weighted by Crippen LogP contribution is 2.31. The van der Waals surface area contributed by atoms with Crippen LogP contribution in [0.5, 0.6) is 0 Å². The first-order chi connectivity index (χ1) is 12.1. The number of aryl methyl sites for hydroxylation is 1. The van der Waals surface area contributed by atoms with Gasteiger partial charge in [-0.2, -0.15) is 0 Å². The molecule has 0 radical (unpaired) electrons. The maximum absolute atomic E-state index is 4.14. The number of rotatable bonds is 2. The Morgan fingerprint density at radius 3 is 2.64 bits per heavy atom. The molecule has 128 valence electrons. The molecule has 3 heterocycles. The Kier molecular flexibility index (Phi) is 4.18. The Labute approximate surface area is 149 Å². The minimum atomic E-state index is 1.10. The van der Waals surface area contributed by atoms with Crippen molar-refractivity contribution >= 4 is 22.7 Å². The molecule has 0 saturated carbocycles. The number of hydrogen-bond donors (Lipinski definition) is 0. The van der Waals surface area contributed by atoms with Crippen molar-refractivity contribution in [2.75, 3.05) is 20.1 Å². The van der Waals surface area contributed by atoms with Gasteiger partial charge in [0.2, 0.25) is 0 Å². The molecule has 0 bridgehead atoms. The lowest BCUT2D eigenvalue weighted by atomic mass is 10.1. The quantitative estimate of drug-likeness (QED) is 0.694. The van der Waals surface area contributed by atoms with Gasteiger partial charge in [-0.05, 0) is 68.3 Å². The van der Waals surface area contributed by atoms with Gasteiger partial charge >= 0.3 is 0 Å². The average Bonchev–Trinajstić information content (AvgIpc) is 2.76. The number of aromatic nitrogens is 2. The first-order valence-corrected chi connectivity index (χ1v) is 9.03. The first kappa shape index (κ1) is 16.1. The van der Waals surface area contributed by atoms with Crippen molar-refractivity contribution in [1.29, 1.82) is 0 Å². The largest absolute Gasteiger partial charge is 0.320 e. The van der Waals surface area contributed by atoms with Gasteiger partial charge in [0.25, 0.3) is 0 Å². The molecule has 0 atom stereocenters. The van der Waals surface area contributed by atoms with Crippen molar-refractivity contribution in [3.63, 3.8) is 0 Å². The number of nitrogens with zero attached hydrogens (tertiary/aromatic N) is 3. The molecule has 3 heteroatoms. The molecule has 0 fully saturated rings. The maximum atomic E-state index is 4.14. The fraction of sp³-hybridized carbons (Fsp3) is 0.318. The monoisotopic (exact) mass is 331 g/mol. The molecule has 2 aromatic heterocycles. The molecular weight excluding hydrogens is 306 g/mol. The van der Waals surface area contributed by atoms with Gasteiger partial charge in [0.05, 0.1) is 5.52 Å². The normalized spacial score (nSPS) is 16.0. The van der Waals surface area contributed by atoms with Crippen LogP contribution in [-0.4, -0.2) is 34.6 Å². The number of fused-ring (bicyclic) bond motifs is 3. The van der Waals surface area contributed by atoms with E-state index in [1.165, 1.54) is 38.9 Å². The van der Waals surface area contributed by atoms with Gasteiger partial charge in [-0.1, -0.05) is 11.6 Å². The minimum absolute atomic E-state index is 1.10. The van der Waals surface area contributed by atoms with E-state index in [9.17, 15) is 0 Å². The van der Waals surface area contributed by atoms with Gasteiger partial charge in [-0.25, -0.2) is 0 Å². The zero-order valence-corrected chi connectivity index (χ0v) is 15.3. The van der Waals surface area contributed by atoms with Crippen LogP contribution in [0.2, 0.25) is 0 Å². The predicted octanol–water partition coefficient (Wildman–Crippen LogP) is 4.39. The highest BCUT2D eigenvalue weighted by molar-refractivity contribution is 5.90. The lowest BCUT2D eigenvalue weighted by Crippen LogP contribution is -2.21. The van der Waals surface area contributed by atoms with Crippen LogP contribution in [-0.2, 0) is 12.8 Å². The summed E-state index contributed by atoms with van der Waals surface area (Å²) >= 11 is 0. The SMILES string of the molecule is C/C(=C/n1c2c(c3cc(C)ccc31)CCN(C)CC2)c1ccncc1. The smallest absolute Gasteiger partial charge is 0.0528 e. The van der Waals surface area contributed by atoms with Crippen molar-refractivity contribution < 1.29 is 0 Å². The number of benzene rings is 1. The van der Waals surface area contributed by atoms with Gasteiger partial charge in [-0.15, -0.1) is 0 Å². The van der Waals surface area contributed by atoms with Crippen LogP contribution >= 0.6 is 0 Å². The Balaban J connectivity index is 1.91. The van der Waals surface area contributed by atoms with E-state index >= 15 is 0 Å². The molecule has 0 saturated heterocycles. The lowest BCUT2D eigenvalue weighted by molar-refractivity contribution is 0.351. The maximum Gasteiger partial charge on any atom is 0.0528 e. The van der Waals surface area contributed by atoms with Crippen molar-refractivity contribution in [2.45, 2.75) is 26.7 Å². The van der Waals surface area contributed by atoms with E-state index in [0.717, 1.165) is 25.9 Å². The van der Waals surface area contributed by atoms with Gasteiger partial charge < -0.3 is 9.47 Å². The summed E-state index contributed by atoms with van der Waals surface area (Å²) in [4.78, 5) is 6.57. The number of hydrogen-bond acceptors (Lipinski definition) is 2. The highest BCUT2D eigenvalue weighted by atomic mass is 15.1. The summed E-state index contributed by atoms with van der Waals surface area (Å²) in [6.45, 7) is 6.62. The van der Waals surface area contributed by atoms with Crippen LogP contribution in [0, 0.1) is 6.92 Å². The number of pyridine rings is 1. The molecule has 0 amide bonds. The summed E-state index contributed by atoms with van der Waals surface area (Å²) in [6.07, 6.45) is 8.25. The lowest BCUT2D eigenvalue weighted by Gasteiger charge is -2.13. The molecule has 1 aliphatic heterocycles. The zero-order chi connectivity index (χ0) is 17.4. The second kappa shape index (κ2) is 6.49. The summed E-state index contributed by atoms with van der Waals surface area (Å²) in [6, 6.07) is 11.0. The summed E-state index contributed by atoms with van der Waals surface area (Å²) in [5.41, 5.74) is 8.15. The van der Waals surface area contributed by atoms with E-state index in [-0.39, 0.29) is 0 Å². The zero-order valence-electron chi connectivity index (χ0n) is 15.3. The van der Waals surface area contributed by atoms with Crippen molar-refractivity contribution in [3.05, 3.63) is 65.1 Å². The first-order valence-electron chi connectivity index (χ1n) is 9.03. The molecule has 0 N–H and O–H groups in total. The Bertz CT molecular complexity index is 935. The van der Waals surface area contributed by atoms with E-state index in [1.807, 2.05) is 12.4 Å². The van der Waals surface area contributed by atoms with Crippen molar-refractivity contribution in [3.8, 4) is 0 Å². The third kappa shape index (κ3) is 3.00. The van der Waals surface area contributed by atoms with Gasteiger partial charge in [0, 0.05) is 49.2 Å². The van der Waals surface area contributed by atoms with Crippen LogP contribution in [0.4, 0.5) is 0 Å². The van der Waals surface area contributed by atoms with E-state index in [4.69, 9.17) is 0 Å². The molecule has 1 aliphatic rings. The standard InChI is InChI=1S/C22H25N3/c1-16-4-5-21-20(14-16)19-8-12-24(3)13-9-22(19)25(21)15-17(2)18-6-10-23-11-7-18/h4-7,10-11,14-15H,8-9,12-13H2,1-3H3/b17-15-. The Morgan fingerprint density at radius 2 is 1.84 bits per heavy atom. The third-order valence-corrected chi connectivity index (χ3v) is 5.31. The van der Waals surface area contributed by atoms with Crippen molar-refractivity contribution in [1.82, 2.24) is 14.5 Å². The summed E-state index contributed by atoms with van der Waals surface area (Å²) < 4.78 is 2.43. The molecule has 0 aliphatic carbocycles. The third-order valence-electron chi connectivity index (χ3n) is 5.31. The molecule has 0 unspecified atom stereocenters. The molecule has 4 rings (SSSR count). The molecular formula is C22H25N3. The van der Waals surface area contributed by atoms with Crippen LogP contribution in [0.15, 0.2) is 42.7 Å². The number of allylic oxidation sites excluding steroid dienone is 1. The fourth-order valence-corrected chi connectivity index (χ4v) is 3.84. The topological polar surface area (TPSA) is 21.1 Å². The van der Waals surface area contributed by atoms with Crippen LogP contribution < -0.4 is 0 Å². The van der Waals surface area contributed by atoms with E-state index in [2.05, 4.69) is 71.9 Å². The van der Waals surface area contributed by atoms with Gasteiger partial charge in [0.1, 0.15) is 0 Å². The van der Waals surface area contributed by atoms with Gasteiger partial charge in [0.15, 0.2) is 0 Å². The summed E-state index contributed by atoms with van der Waals surface area (Å²) in [5, 5.41) is 1.42. The molecule has 3 aromatic rings. The average molecular weight is 331 g/mol.